The van der Waals surface area contributed by atoms with Crippen LogP contribution in [0.3, 0.4) is 0 Å². The summed E-state index contributed by atoms with van der Waals surface area (Å²) < 4.78 is 5.66. The SMILES string of the molecule is CCCCCCCCC(O)C=Cc1cccc(Oc2cccc(C(=O)O)c2)n1. The molecular weight excluding hydrogens is 354 g/mol. The quantitative estimate of drug-likeness (QED) is 0.460. The van der Waals surface area contributed by atoms with Gasteiger partial charge in [-0.05, 0) is 36.8 Å². The maximum absolute atomic E-state index is 11.0. The Bertz CT molecular complexity index is 773. The van der Waals surface area contributed by atoms with E-state index in [1.807, 2.05) is 12.1 Å². The van der Waals surface area contributed by atoms with Gasteiger partial charge in [0.1, 0.15) is 5.75 Å². The molecule has 5 heteroatoms. The monoisotopic (exact) mass is 383 g/mol. The number of pyridine rings is 1. The van der Waals surface area contributed by atoms with Crippen LogP contribution in [0.2, 0.25) is 0 Å². The Morgan fingerprint density at radius 1 is 1.11 bits per heavy atom. The summed E-state index contributed by atoms with van der Waals surface area (Å²) in [6.07, 6.45) is 11.0. The van der Waals surface area contributed by atoms with E-state index in [9.17, 15) is 9.90 Å². The first kappa shape index (κ1) is 21.6. The molecule has 0 saturated heterocycles. The van der Waals surface area contributed by atoms with Crippen LogP contribution in [0.5, 0.6) is 11.6 Å². The normalized spacial score (nSPS) is 12.2. The number of carboxylic acid groups (broad SMARTS) is 1. The van der Waals surface area contributed by atoms with Crippen LogP contribution in [0.1, 0.15) is 67.9 Å². The molecule has 0 radical (unpaired) electrons. The molecule has 1 aromatic heterocycles. The summed E-state index contributed by atoms with van der Waals surface area (Å²) in [6, 6.07) is 11.6. The van der Waals surface area contributed by atoms with Gasteiger partial charge < -0.3 is 14.9 Å². The van der Waals surface area contributed by atoms with Gasteiger partial charge >= 0.3 is 5.97 Å². The predicted octanol–water partition coefficient (Wildman–Crippen LogP) is 5.70. The maximum Gasteiger partial charge on any atom is 0.335 e. The topological polar surface area (TPSA) is 79.7 Å². The van der Waals surface area contributed by atoms with E-state index in [0.29, 0.717) is 17.3 Å². The molecule has 0 aliphatic rings. The van der Waals surface area contributed by atoms with E-state index in [4.69, 9.17) is 9.84 Å². The second kappa shape index (κ2) is 11.9. The van der Waals surface area contributed by atoms with Crippen molar-refractivity contribution in [2.45, 2.75) is 58.0 Å². The smallest absolute Gasteiger partial charge is 0.335 e. The van der Waals surface area contributed by atoms with Gasteiger partial charge in [0.25, 0.3) is 0 Å². The molecule has 0 aliphatic carbocycles. The molecule has 0 aliphatic heterocycles. The number of benzene rings is 1. The van der Waals surface area contributed by atoms with E-state index < -0.39 is 12.1 Å². The number of aromatic nitrogens is 1. The molecular formula is C23H29NO4. The highest BCUT2D eigenvalue weighted by Gasteiger charge is 2.06. The third kappa shape index (κ3) is 7.92. The van der Waals surface area contributed by atoms with Crippen LogP contribution in [0, 0.1) is 0 Å². The van der Waals surface area contributed by atoms with Gasteiger partial charge in [-0.3, -0.25) is 0 Å². The summed E-state index contributed by atoms with van der Waals surface area (Å²) in [6.45, 7) is 2.20. The molecule has 1 atom stereocenters. The number of hydrogen-bond acceptors (Lipinski definition) is 4. The molecule has 0 amide bonds. The van der Waals surface area contributed by atoms with E-state index in [0.717, 1.165) is 19.3 Å². The first-order valence-corrected chi connectivity index (χ1v) is 9.93. The Hall–Kier alpha value is -2.66. The van der Waals surface area contributed by atoms with Crippen LogP contribution in [-0.2, 0) is 0 Å². The lowest BCUT2D eigenvalue weighted by Crippen LogP contribution is -2.01. The van der Waals surface area contributed by atoms with Gasteiger partial charge in [0.2, 0.25) is 5.88 Å². The van der Waals surface area contributed by atoms with E-state index in [1.54, 1.807) is 30.4 Å². The highest BCUT2D eigenvalue weighted by molar-refractivity contribution is 5.88. The summed E-state index contributed by atoms with van der Waals surface area (Å²) in [4.78, 5) is 15.4. The Balaban J connectivity index is 1.86. The van der Waals surface area contributed by atoms with Gasteiger partial charge in [0.05, 0.1) is 17.4 Å². The average molecular weight is 383 g/mol. The summed E-state index contributed by atoms with van der Waals surface area (Å²) >= 11 is 0. The number of unbranched alkanes of at least 4 members (excludes halogenated alkanes) is 5. The Morgan fingerprint density at radius 2 is 1.86 bits per heavy atom. The summed E-state index contributed by atoms with van der Waals surface area (Å²) in [5.41, 5.74) is 0.834. The summed E-state index contributed by atoms with van der Waals surface area (Å²) in [5.74, 6) is -0.221. The number of hydrogen-bond donors (Lipinski definition) is 2. The molecule has 0 saturated carbocycles. The van der Waals surface area contributed by atoms with Crippen molar-refractivity contribution in [2.75, 3.05) is 0 Å². The van der Waals surface area contributed by atoms with Crippen molar-refractivity contribution < 1.29 is 19.7 Å². The lowest BCUT2D eigenvalue weighted by atomic mass is 10.1. The molecule has 150 valence electrons. The van der Waals surface area contributed by atoms with Crippen LogP contribution in [0.25, 0.3) is 6.08 Å². The zero-order chi connectivity index (χ0) is 20.2. The molecule has 5 nitrogen and oxygen atoms in total. The lowest BCUT2D eigenvalue weighted by Gasteiger charge is -2.07. The van der Waals surface area contributed by atoms with Gasteiger partial charge in [0.15, 0.2) is 0 Å². The van der Waals surface area contributed by atoms with Crippen molar-refractivity contribution in [3.05, 3.63) is 59.8 Å². The number of carboxylic acids is 1. The van der Waals surface area contributed by atoms with E-state index in [-0.39, 0.29) is 5.56 Å². The number of rotatable bonds is 12. The molecule has 0 bridgehead atoms. The predicted molar refractivity (Wildman–Crippen MR) is 111 cm³/mol. The maximum atomic E-state index is 11.0. The van der Waals surface area contributed by atoms with Gasteiger partial charge in [-0.2, -0.15) is 0 Å². The van der Waals surface area contributed by atoms with Crippen molar-refractivity contribution in [3.8, 4) is 11.6 Å². The minimum Gasteiger partial charge on any atom is -0.478 e. The Labute approximate surface area is 166 Å². The number of ether oxygens (including phenoxy) is 1. The van der Waals surface area contributed by atoms with Crippen LogP contribution in [0.15, 0.2) is 48.5 Å². The van der Waals surface area contributed by atoms with Crippen LogP contribution in [0.4, 0.5) is 0 Å². The Morgan fingerprint density at radius 3 is 2.64 bits per heavy atom. The summed E-state index contributed by atoms with van der Waals surface area (Å²) in [5, 5.41) is 19.2. The standard InChI is InChI=1S/C23H29NO4/c1-2-3-4-5-6-7-12-20(25)16-15-19-11-9-14-22(24-19)28-21-13-8-10-18(17-21)23(26)27/h8-11,13-17,20,25H,2-7,12H2,1H3,(H,26,27). The number of aromatic carboxylic acids is 1. The number of aliphatic hydroxyl groups is 1. The van der Waals surface area contributed by atoms with Crippen molar-refractivity contribution in [1.29, 1.82) is 0 Å². The van der Waals surface area contributed by atoms with Crippen molar-refractivity contribution >= 4 is 12.0 Å². The third-order valence-electron chi connectivity index (χ3n) is 4.39. The minimum absolute atomic E-state index is 0.159. The number of nitrogens with zero attached hydrogens (tertiary/aromatic N) is 1. The summed E-state index contributed by atoms with van der Waals surface area (Å²) in [7, 11) is 0. The highest BCUT2D eigenvalue weighted by atomic mass is 16.5. The molecule has 1 heterocycles. The largest absolute Gasteiger partial charge is 0.478 e. The molecule has 2 rings (SSSR count). The van der Waals surface area contributed by atoms with Crippen LogP contribution >= 0.6 is 0 Å². The molecule has 1 unspecified atom stereocenters. The number of carbonyl (C=O) groups is 1. The highest BCUT2D eigenvalue weighted by Crippen LogP contribution is 2.21. The van der Waals surface area contributed by atoms with Gasteiger partial charge in [-0.1, -0.05) is 63.7 Å². The fraction of sp³-hybridized carbons (Fsp3) is 0.391. The molecule has 0 spiro atoms. The van der Waals surface area contributed by atoms with Crippen molar-refractivity contribution in [1.82, 2.24) is 4.98 Å². The lowest BCUT2D eigenvalue weighted by molar-refractivity contribution is 0.0696. The van der Waals surface area contributed by atoms with Gasteiger partial charge in [-0.15, -0.1) is 0 Å². The van der Waals surface area contributed by atoms with E-state index in [2.05, 4.69) is 11.9 Å². The molecule has 2 N–H and O–H groups in total. The third-order valence-corrected chi connectivity index (χ3v) is 4.39. The Kier molecular flexibility index (Phi) is 9.22. The number of aliphatic hydroxyl groups excluding tert-OH is 1. The van der Waals surface area contributed by atoms with Crippen molar-refractivity contribution in [2.24, 2.45) is 0 Å². The molecule has 0 fully saturated rings. The average Bonchev–Trinajstić information content (AvgIpc) is 2.69. The minimum atomic E-state index is -1.01. The van der Waals surface area contributed by atoms with Crippen LogP contribution in [-0.4, -0.2) is 27.3 Å². The first-order chi connectivity index (χ1) is 13.6. The van der Waals surface area contributed by atoms with Gasteiger partial charge in [0, 0.05) is 6.07 Å². The van der Waals surface area contributed by atoms with E-state index >= 15 is 0 Å². The van der Waals surface area contributed by atoms with Crippen molar-refractivity contribution in [3.63, 3.8) is 0 Å². The second-order valence-corrected chi connectivity index (χ2v) is 6.82. The zero-order valence-electron chi connectivity index (χ0n) is 16.4. The zero-order valence-corrected chi connectivity index (χ0v) is 16.4. The fourth-order valence-corrected chi connectivity index (χ4v) is 2.83. The van der Waals surface area contributed by atoms with Gasteiger partial charge in [-0.25, -0.2) is 9.78 Å². The molecule has 1 aromatic carbocycles. The first-order valence-electron chi connectivity index (χ1n) is 9.93. The van der Waals surface area contributed by atoms with E-state index in [1.165, 1.54) is 37.8 Å². The second-order valence-electron chi connectivity index (χ2n) is 6.82. The molecule has 28 heavy (non-hydrogen) atoms. The fourth-order valence-electron chi connectivity index (χ4n) is 2.83. The van der Waals surface area contributed by atoms with Crippen LogP contribution < -0.4 is 4.74 Å². The molecule has 2 aromatic rings.